The molecule has 2 aliphatic rings. The lowest BCUT2D eigenvalue weighted by molar-refractivity contribution is -0.126. The van der Waals surface area contributed by atoms with Gasteiger partial charge in [-0.15, -0.1) is 0 Å². The number of carbonyl (C=O) groups excluding carboxylic acids is 1. The zero-order chi connectivity index (χ0) is 22.1. The van der Waals surface area contributed by atoms with Crippen molar-refractivity contribution in [1.29, 1.82) is 0 Å². The summed E-state index contributed by atoms with van der Waals surface area (Å²) in [5, 5.41) is 10.4. The fraction of sp³-hybridized carbons (Fsp3) is 0.409. The lowest BCUT2D eigenvalue weighted by atomic mass is 10.1. The zero-order valence-corrected chi connectivity index (χ0v) is 18.5. The number of amides is 1. The molecule has 0 bridgehead atoms. The summed E-state index contributed by atoms with van der Waals surface area (Å²) in [5.41, 5.74) is 2.85. The van der Waals surface area contributed by atoms with Gasteiger partial charge in [0.15, 0.2) is 0 Å². The fourth-order valence-corrected chi connectivity index (χ4v) is 4.42. The highest BCUT2D eigenvalue weighted by Gasteiger charge is 2.33. The molecule has 1 aromatic carbocycles. The number of ether oxygens (including phenoxy) is 1. The van der Waals surface area contributed by atoms with Crippen molar-refractivity contribution in [1.82, 2.24) is 19.8 Å². The molecule has 1 amide bonds. The van der Waals surface area contributed by atoms with Gasteiger partial charge in [0.1, 0.15) is 11.6 Å². The molecule has 2 aliphatic heterocycles. The molecule has 1 unspecified atom stereocenters. The second kappa shape index (κ2) is 8.72. The van der Waals surface area contributed by atoms with Crippen molar-refractivity contribution in [2.24, 2.45) is 0 Å². The van der Waals surface area contributed by atoms with Gasteiger partial charge < -0.3 is 19.6 Å². The van der Waals surface area contributed by atoms with Crippen molar-refractivity contribution >= 4 is 23.3 Å². The Morgan fingerprint density at radius 3 is 2.87 bits per heavy atom. The van der Waals surface area contributed by atoms with Gasteiger partial charge in [0.2, 0.25) is 5.91 Å². The number of rotatable bonds is 5. The highest BCUT2D eigenvalue weighted by Crippen LogP contribution is 2.34. The second-order valence-corrected chi connectivity index (χ2v) is 8.32. The first-order valence-corrected chi connectivity index (χ1v) is 10.6. The summed E-state index contributed by atoms with van der Waals surface area (Å²) in [6, 6.07) is 5.40. The quantitative estimate of drug-likeness (QED) is 0.711. The number of methoxy groups -OCH3 is 1. The first-order valence-electron chi connectivity index (χ1n) is 10.2. The van der Waals surface area contributed by atoms with Crippen molar-refractivity contribution < 1.29 is 14.6 Å². The van der Waals surface area contributed by atoms with E-state index in [0.717, 1.165) is 22.6 Å². The number of hydrogen-bond acceptors (Lipinski definition) is 7. The smallest absolute Gasteiger partial charge is 0.318 e. The zero-order valence-electron chi connectivity index (χ0n) is 17.7. The average molecular weight is 444 g/mol. The number of fused-ring (bicyclic) bond motifs is 1. The molecule has 0 radical (unpaired) electrons. The molecule has 9 heteroatoms. The molecular formula is C22H26ClN5O3. The Labute approximate surface area is 186 Å². The molecule has 3 heterocycles. The van der Waals surface area contributed by atoms with Crippen molar-refractivity contribution in [2.45, 2.75) is 32.6 Å². The van der Waals surface area contributed by atoms with Crippen molar-refractivity contribution in [3.8, 4) is 11.8 Å². The predicted molar refractivity (Wildman–Crippen MR) is 118 cm³/mol. The van der Waals surface area contributed by atoms with Gasteiger partial charge in [-0.05, 0) is 36.8 Å². The maximum atomic E-state index is 12.0. The Morgan fingerprint density at radius 2 is 2.16 bits per heavy atom. The summed E-state index contributed by atoms with van der Waals surface area (Å²) >= 11 is 6.32. The summed E-state index contributed by atoms with van der Waals surface area (Å²) in [7, 11) is 1.56. The minimum atomic E-state index is -0.0498. The van der Waals surface area contributed by atoms with E-state index in [1.807, 2.05) is 4.90 Å². The molecule has 1 aromatic heterocycles. The minimum absolute atomic E-state index is 0.0498. The Hall–Kier alpha value is -2.84. The molecule has 1 atom stereocenters. The maximum Gasteiger partial charge on any atom is 0.318 e. The molecule has 0 saturated carbocycles. The predicted octanol–water partition coefficient (Wildman–Crippen LogP) is 2.58. The maximum absolute atomic E-state index is 12.0. The molecular weight excluding hydrogens is 418 g/mol. The molecule has 31 heavy (non-hydrogen) atoms. The van der Waals surface area contributed by atoms with Crippen LogP contribution in [-0.2, 0) is 24.4 Å². The van der Waals surface area contributed by atoms with Crippen LogP contribution in [0.5, 0.6) is 11.8 Å². The highest BCUT2D eigenvalue weighted by molar-refractivity contribution is 6.31. The topological polar surface area (TPSA) is 82.0 Å². The third-order valence-corrected chi connectivity index (χ3v) is 6.17. The molecule has 164 valence electrons. The summed E-state index contributed by atoms with van der Waals surface area (Å²) < 4.78 is 5.37. The van der Waals surface area contributed by atoms with Crippen LogP contribution in [0.4, 0.5) is 5.82 Å². The van der Waals surface area contributed by atoms with Crippen LogP contribution in [0.3, 0.4) is 0 Å². The van der Waals surface area contributed by atoms with Gasteiger partial charge in [0, 0.05) is 55.9 Å². The summed E-state index contributed by atoms with van der Waals surface area (Å²) in [6.07, 6.45) is 1.36. The molecule has 2 aromatic rings. The molecule has 0 aliphatic carbocycles. The molecule has 1 saturated heterocycles. The fourth-order valence-electron chi connectivity index (χ4n) is 4.24. The van der Waals surface area contributed by atoms with Crippen molar-refractivity contribution in [3.63, 3.8) is 0 Å². The van der Waals surface area contributed by atoms with E-state index in [4.69, 9.17) is 16.3 Å². The lowest BCUT2D eigenvalue weighted by Gasteiger charge is -2.40. The highest BCUT2D eigenvalue weighted by atomic mass is 35.5. The van der Waals surface area contributed by atoms with Gasteiger partial charge in [-0.25, -0.2) is 0 Å². The molecule has 1 fully saturated rings. The summed E-state index contributed by atoms with van der Waals surface area (Å²) in [4.78, 5) is 27.5. The van der Waals surface area contributed by atoms with Gasteiger partial charge in [-0.1, -0.05) is 18.2 Å². The van der Waals surface area contributed by atoms with Crippen LogP contribution in [0.15, 0.2) is 30.9 Å². The third kappa shape index (κ3) is 4.31. The molecule has 8 nitrogen and oxygen atoms in total. The van der Waals surface area contributed by atoms with Crippen molar-refractivity contribution in [3.05, 3.63) is 52.7 Å². The Balaban J connectivity index is 1.58. The van der Waals surface area contributed by atoms with Crippen LogP contribution in [0.1, 0.15) is 23.7 Å². The molecule has 4 rings (SSSR count). The van der Waals surface area contributed by atoms with E-state index >= 15 is 0 Å². The normalized spacial score (nSPS) is 18.7. The van der Waals surface area contributed by atoms with E-state index in [1.54, 1.807) is 25.3 Å². The van der Waals surface area contributed by atoms with E-state index in [9.17, 15) is 9.90 Å². The SMILES string of the molecule is C=CC(=O)N1CCN(c2nc(OC)nc3c2CN(Cc2cc(O)ccc2Cl)C3)C(C)C1. The number of halogens is 1. The Bertz CT molecular complexity index is 1010. The number of hydrogen-bond donors (Lipinski definition) is 1. The number of phenols is 1. The number of nitrogens with zero attached hydrogens (tertiary/aromatic N) is 5. The molecule has 0 spiro atoms. The van der Waals surface area contributed by atoms with E-state index in [0.29, 0.717) is 50.3 Å². The average Bonchev–Trinajstić information content (AvgIpc) is 3.17. The van der Waals surface area contributed by atoms with E-state index < -0.39 is 0 Å². The number of carbonyl (C=O) groups is 1. The van der Waals surface area contributed by atoms with E-state index in [-0.39, 0.29) is 17.7 Å². The molecule has 1 N–H and O–H groups in total. The van der Waals surface area contributed by atoms with Crippen LogP contribution in [0.25, 0.3) is 0 Å². The lowest BCUT2D eigenvalue weighted by Crippen LogP contribution is -2.54. The first-order chi connectivity index (χ1) is 14.9. The van der Waals surface area contributed by atoms with Crippen LogP contribution < -0.4 is 9.64 Å². The minimum Gasteiger partial charge on any atom is -0.508 e. The van der Waals surface area contributed by atoms with E-state index in [1.165, 1.54) is 6.08 Å². The van der Waals surface area contributed by atoms with E-state index in [2.05, 4.69) is 33.3 Å². The number of aromatic nitrogens is 2. The first kappa shape index (κ1) is 21.4. The number of anilines is 1. The van der Waals surface area contributed by atoms with Gasteiger partial charge >= 0.3 is 6.01 Å². The van der Waals surface area contributed by atoms with Crippen LogP contribution in [-0.4, -0.2) is 63.6 Å². The second-order valence-electron chi connectivity index (χ2n) is 7.91. The Morgan fingerprint density at radius 1 is 1.35 bits per heavy atom. The monoisotopic (exact) mass is 443 g/mol. The largest absolute Gasteiger partial charge is 0.508 e. The summed E-state index contributed by atoms with van der Waals surface area (Å²) in [5.74, 6) is 0.995. The third-order valence-electron chi connectivity index (χ3n) is 5.80. The van der Waals surface area contributed by atoms with Gasteiger partial charge in [0.05, 0.1) is 12.8 Å². The number of phenolic OH excluding ortho intramolecular Hbond substituents is 1. The number of aromatic hydroxyl groups is 1. The standard InChI is InChI=1S/C22H26ClN5O3/c1-4-20(30)27-7-8-28(14(2)10-27)21-17-12-26(13-19(17)24-22(25-21)31-3)11-15-9-16(29)5-6-18(15)23/h4-6,9,14,29H,1,7-8,10-13H2,2-3H3. The van der Waals surface area contributed by atoms with Gasteiger partial charge in [0.25, 0.3) is 0 Å². The summed E-state index contributed by atoms with van der Waals surface area (Å²) in [6.45, 7) is 9.45. The van der Waals surface area contributed by atoms with Crippen LogP contribution in [0.2, 0.25) is 5.02 Å². The van der Waals surface area contributed by atoms with Gasteiger partial charge in [-0.3, -0.25) is 9.69 Å². The van der Waals surface area contributed by atoms with Gasteiger partial charge in [-0.2, -0.15) is 9.97 Å². The number of benzene rings is 1. The van der Waals surface area contributed by atoms with Crippen LogP contribution in [0, 0.1) is 0 Å². The van der Waals surface area contributed by atoms with Crippen molar-refractivity contribution in [2.75, 3.05) is 31.6 Å². The van der Waals surface area contributed by atoms with Crippen LogP contribution >= 0.6 is 11.6 Å². The Kier molecular flexibility index (Phi) is 6.02. The number of piperazine rings is 1.